The molecule has 0 saturated heterocycles. The van der Waals surface area contributed by atoms with Crippen LogP contribution in [0, 0.1) is 0 Å². The molecule has 0 aromatic heterocycles. The molecule has 1 fully saturated rings. The fraction of sp³-hybridized carbons (Fsp3) is 0.647. The lowest BCUT2D eigenvalue weighted by molar-refractivity contribution is 0.553. The van der Waals surface area contributed by atoms with Gasteiger partial charge in [0.25, 0.3) is 0 Å². The SMILES string of the molecule is CCNCc1ccc(N(C)C2CCCCCC2)cc1Br. The van der Waals surface area contributed by atoms with Crippen molar-refractivity contribution in [3.05, 3.63) is 28.2 Å². The highest BCUT2D eigenvalue weighted by atomic mass is 79.9. The topological polar surface area (TPSA) is 15.3 Å². The molecule has 1 aromatic rings. The lowest BCUT2D eigenvalue weighted by atomic mass is 10.1. The maximum Gasteiger partial charge on any atom is 0.0377 e. The summed E-state index contributed by atoms with van der Waals surface area (Å²) >= 11 is 3.72. The van der Waals surface area contributed by atoms with E-state index in [-0.39, 0.29) is 0 Å². The van der Waals surface area contributed by atoms with Crippen molar-refractivity contribution >= 4 is 21.6 Å². The Labute approximate surface area is 132 Å². The Bertz CT molecular complexity index is 411. The Kier molecular flexibility index (Phi) is 6.37. The summed E-state index contributed by atoms with van der Waals surface area (Å²) in [4.78, 5) is 2.48. The van der Waals surface area contributed by atoms with Crippen LogP contribution in [0.5, 0.6) is 0 Å². The van der Waals surface area contributed by atoms with Crippen LogP contribution in [-0.4, -0.2) is 19.6 Å². The Hall–Kier alpha value is -0.540. The van der Waals surface area contributed by atoms with Gasteiger partial charge in [-0.25, -0.2) is 0 Å². The number of anilines is 1. The predicted molar refractivity (Wildman–Crippen MR) is 91.4 cm³/mol. The van der Waals surface area contributed by atoms with Crippen LogP contribution in [0.1, 0.15) is 51.0 Å². The molecule has 3 heteroatoms. The van der Waals surface area contributed by atoms with E-state index in [0.717, 1.165) is 13.1 Å². The molecule has 1 saturated carbocycles. The van der Waals surface area contributed by atoms with Crippen LogP contribution < -0.4 is 10.2 Å². The molecule has 0 amide bonds. The van der Waals surface area contributed by atoms with Crippen molar-refractivity contribution in [2.24, 2.45) is 0 Å². The maximum atomic E-state index is 3.72. The van der Waals surface area contributed by atoms with Crippen molar-refractivity contribution in [3.8, 4) is 0 Å². The monoisotopic (exact) mass is 338 g/mol. The molecular formula is C17H27BrN2. The summed E-state index contributed by atoms with van der Waals surface area (Å²) in [5.41, 5.74) is 2.67. The lowest BCUT2D eigenvalue weighted by Crippen LogP contribution is -2.31. The average molecular weight is 339 g/mol. The van der Waals surface area contributed by atoms with E-state index in [2.05, 4.69) is 58.3 Å². The first-order valence-corrected chi connectivity index (χ1v) is 8.73. The van der Waals surface area contributed by atoms with E-state index in [4.69, 9.17) is 0 Å². The Morgan fingerprint density at radius 2 is 1.90 bits per heavy atom. The van der Waals surface area contributed by atoms with E-state index < -0.39 is 0 Å². The zero-order chi connectivity index (χ0) is 14.4. The van der Waals surface area contributed by atoms with Gasteiger partial charge in [-0.2, -0.15) is 0 Å². The maximum absolute atomic E-state index is 3.72. The molecule has 1 N–H and O–H groups in total. The summed E-state index contributed by atoms with van der Waals surface area (Å²) in [6, 6.07) is 7.50. The van der Waals surface area contributed by atoms with Crippen molar-refractivity contribution in [3.63, 3.8) is 0 Å². The second-order valence-electron chi connectivity index (χ2n) is 5.81. The quantitative estimate of drug-likeness (QED) is 0.781. The van der Waals surface area contributed by atoms with Crippen LogP contribution >= 0.6 is 15.9 Å². The van der Waals surface area contributed by atoms with E-state index in [1.54, 1.807) is 0 Å². The van der Waals surface area contributed by atoms with Gasteiger partial charge < -0.3 is 10.2 Å². The Morgan fingerprint density at radius 3 is 2.50 bits per heavy atom. The molecule has 0 atom stereocenters. The average Bonchev–Trinajstić information content (AvgIpc) is 2.74. The van der Waals surface area contributed by atoms with Gasteiger partial charge >= 0.3 is 0 Å². The van der Waals surface area contributed by atoms with Crippen molar-refractivity contribution < 1.29 is 0 Å². The summed E-state index contributed by atoms with van der Waals surface area (Å²) in [6.07, 6.45) is 8.27. The first kappa shape index (κ1) is 15.8. The standard InChI is InChI=1S/C17H27BrN2/c1-3-19-13-14-10-11-16(12-17(14)18)20(2)15-8-6-4-5-7-9-15/h10-12,15,19H,3-9,13H2,1-2H3. The molecule has 1 aromatic carbocycles. The van der Waals surface area contributed by atoms with Crippen LogP contribution in [0.25, 0.3) is 0 Å². The summed E-state index contributed by atoms with van der Waals surface area (Å²) in [5.74, 6) is 0. The number of nitrogens with zero attached hydrogens (tertiary/aromatic N) is 1. The minimum atomic E-state index is 0.712. The third kappa shape index (κ3) is 4.23. The highest BCUT2D eigenvalue weighted by Crippen LogP contribution is 2.28. The van der Waals surface area contributed by atoms with E-state index in [1.165, 1.54) is 54.2 Å². The van der Waals surface area contributed by atoms with Gasteiger partial charge in [0.1, 0.15) is 0 Å². The third-order valence-electron chi connectivity index (χ3n) is 4.38. The second-order valence-corrected chi connectivity index (χ2v) is 6.67. The fourth-order valence-corrected chi connectivity index (χ4v) is 3.52. The number of rotatable bonds is 5. The van der Waals surface area contributed by atoms with Gasteiger partial charge in [0, 0.05) is 29.8 Å². The minimum Gasteiger partial charge on any atom is -0.372 e. The van der Waals surface area contributed by atoms with E-state index >= 15 is 0 Å². The highest BCUT2D eigenvalue weighted by Gasteiger charge is 2.17. The number of hydrogen-bond acceptors (Lipinski definition) is 2. The van der Waals surface area contributed by atoms with Crippen LogP contribution in [0.3, 0.4) is 0 Å². The molecule has 0 bridgehead atoms. The van der Waals surface area contributed by atoms with E-state index in [9.17, 15) is 0 Å². The smallest absolute Gasteiger partial charge is 0.0377 e. The molecule has 112 valence electrons. The number of halogens is 1. The van der Waals surface area contributed by atoms with Gasteiger partial charge in [0.05, 0.1) is 0 Å². The molecule has 1 aliphatic carbocycles. The lowest BCUT2D eigenvalue weighted by Gasteiger charge is -2.29. The van der Waals surface area contributed by atoms with Gasteiger partial charge in [-0.15, -0.1) is 0 Å². The normalized spacial score (nSPS) is 16.9. The minimum absolute atomic E-state index is 0.712. The molecule has 2 nitrogen and oxygen atoms in total. The molecular weight excluding hydrogens is 312 g/mol. The van der Waals surface area contributed by atoms with Gasteiger partial charge in [-0.1, -0.05) is 54.6 Å². The number of hydrogen-bond donors (Lipinski definition) is 1. The summed E-state index contributed by atoms with van der Waals surface area (Å²) in [5, 5.41) is 3.38. The molecule has 2 rings (SSSR count). The predicted octanol–water partition coefficient (Wildman–Crippen LogP) is 4.72. The van der Waals surface area contributed by atoms with Crippen LogP contribution in [-0.2, 0) is 6.54 Å². The zero-order valence-electron chi connectivity index (χ0n) is 12.8. The molecule has 0 heterocycles. The number of benzene rings is 1. The first-order chi connectivity index (χ1) is 9.72. The molecule has 0 radical (unpaired) electrons. The van der Waals surface area contributed by atoms with Crippen LogP contribution in [0.15, 0.2) is 22.7 Å². The van der Waals surface area contributed by atoms with E-state index in [0.29, 0.717) is 6.04 Å². The van der Waals surface area contributed by atoms with Crippen molar-refractivity contribution in [2.75, 3.05) is 18.5 Å². The van der Waals surface area contributed by atoms with Gasteiger partial charge in [-0.3, -0.25) is 0 Å². The summed E-state index contributed by atoms with van der Waals surface area (Å²) in [6.45, 7) is 4.09. The fourth-order valence-electron chi connectivity index (χ4n) is 3.01. The van der Waals surface area contributed by atoms with Gasteiger partial charge in [0.2, 0.25) is 0 Å². The Morgan fingerprint density at radius 1 is 1.20 bits per heavy atom. The van der Waals surface area contributed by atoms with Crippen LogP contribution in [0.2, 0.25) is 0 Å². The summed E-state index contributed by atoms with van der Waals surface area (Å²) < 4.78 is 1.22. The van der Waals surface area contributed by atoms with E-state index in [1.807, 2.05) is 0 Å². The Balaban J connectivity index is 2.05. The molecule has 0 unspecified atom stereocenters. The zero-order valence-corrected chi connectivity index (χ0v) is 14.4. The van der Waals surface area contributed by atoms with Gasteiger partial charge in [-0.05, 0) is 37.1 Å². The molecule has 0 aliphatic heterocycles. The largest absolute Gasteiger partial charge is 0.372 e. The van der Waals surface area contributed by atoms with Crippen molar-refractivity contribution in [1.82, 2.24) is 5.32 Å². The van der Waals surface area contributed by atoms with Crippen molar-refractivity contribution in [1.29, 1.82) is 0 Å². The first-order valence-electron chi connectivity index (χ1n) is 7.94. The molecule has 0 spiro atoms. The number of nitrogens with one attached hydrogen (secondary N) is 1. The van der Waals surface area contributed by atoms with Gasteiger partial charge in [0.15, 0.2) is 0 Å². The molecule has 1 aliphatic rings. The third-order valence-corrected chi connectivity index (χ3v) is 5.12. The molecule has 20 heavy (non-hydrogen) atoms. The highest BCUT2D eigenvalue weighted by molar-refractivity contribution is 9.10. The van der Waals surface area contributed by atoms with Crippen molar-refractivity contribution in [2.45, 2.75) is 58.0 Å². The summed E-state index contributed by atoms with van der Waals surface area (Å²) in [7, 11) is 2.25. The second kappa shape index (κ2) is 8.04. The van der Waals surface area contributed by atoms with Crippen LogP contribution in [0.4, 0.5) is 5.69 Å².